The molecule has 3 aromatic rings. The Morgan fingerprint density at radius 2 is 2.20 bits per heavy atom. The molecule has 0 aliphatic carbocycles. The van der Waals surface area contributed by atoms with E-state index >= 15 is 0 Å². The Balaban J connectivity index is 1.40. The molecule has 0 unspecified atom stereocenters. The monoisotopic (exact) mass is 354 g/mol. The lowest BCUT2D eigenvalue weighted by Gasteiger charge is -2.23. The van der Waals surface area contributed by atoms with Gasteiger partial charge in [0.1, 0.15) is 0 Å². The molecule has 4 rings (SSSR count). The van der Waals surface area contributed by atoms with E-state index in [1.54, 1.807) is 0 Å². The molecule has 3 aromatic heterocycles. The van der Waals surface area contributed by atoms with Crippen molar-refractivity contribution in [2.24, 2.45) is 5.92 Å². The molecule has 5 nitrogen and oxygen atoms in total. The molecular formula is C19H22N4OS. The topological polar surface area (TPSA) is 43.2 Å². The number of fused-ring (bicyclic) bond motifs is 1. The Kier molecular flexibility index (Phi) is 5.20. The first-order valence-corrected chi connectivity index (χ1v) is 9.46. The second-order valence-corrected chi connectivity index (χ2v) is 7.52. The van der Waals surface area contributed by atoms with Crippen LogP contribution in [-0.4, -0.2) is 32.6 Å². The van der Waals surface area contributed by atoms with E-state index in [2.05, 4.69) is 36.9 Å². The van der Waals surface area contributed by atoms with Gasteiger partial charge in [0.05, 0.1) is 30.9 Å². The fourth-order valence-corrected chi connectivity index (χ4v) is 4.05. The van der Waals surface area contributed by atoms with E-state index in [1.165, 1.54) is 10.6 Å². The molecule has 6 heteroatoms. The van der Waals surface area contributed by atoms with E-state index in [-0.39, 0.29) is 0 Å². The highest BCUT2D eigenvalue weighted by Crippen LogP contribution is 2.20. The van der Waals surface area contributed by atoms with Crippen LogP contribution in [0.2, 0.25) is 0 Å². The summed E-state index contributed by atoms with van der Waals surface area (Å²) in [5.74, 6) is 0.444. The Bertz CT molecular complexity index is 772. The van der Waals surface area contributed by atoms with Crippen molar-refractivity contribution in [1.82, 2.24) is 19.4 Å². The van der Waals surface area contributed by atoms with Crippen LogP contribution in [-0.2, 0) is 31.0 Å². The van der Waals surface area contributed by atoms with Crippen LogP contribution in [0, 0.1) is 5.92 Å². The molecule has 0 radical (unpaired) electrons. The minimum absolute atomic E-state index is 0.444. The standard InChI is InChI=1S/C19H22N4OS/c1-2-6-21-17(4-1)14-24-13-16-9-22(12-19-5-3-7-25-19)11-18-8-20-15-23(18)10-16/h1-8,15-16H,9-14H2/t16-/m0/s1. The van der Waals surface area contributed by atoms with E-state index in [1.807, 2.05) is 48.3 Å². The molecular weight excluding hydrogens is 332 g/mol. The smallest absolute Gasteiger partial charge is 0.0948 e. The van der Waals surface area contributed by atoms with Crippen LogP contribution in [0.5, 0.6) is 0 Å². The average molecular weight is 354 g/mol. The number of nitrogens with zero attached hydrogens (tertiary/aromatic N) is 4. The maximum absolute atomic E-state index is 5.97. The molecule has 1 aliphatic rings. The first-order chi connectivity index (χ1) is 12.4. The molecule has 4 heterocycles. The molecule has 0 bridgehead atoms. The number of aromatic nitrogens is 3. The third kappa shape index (κ3) is 4.34. The van der Waals surface area contributed by atoms with E-state index in [9.17, 15) is 0 Å². The second-order valence-electron chi connectivity index (χ2n) is 6.49. The number of ether oxygens (including phenoxy) is 1. The molecule has 1 aliphatic heterocycles. The summed E-state index contributed by atoms with van der Waals surface area (Å²) in [7, 11) is 0. The van der Waals surface area contributed by atoms with Gasteiger partial charge >= 0.3 is 0 Å². The molecule has 0 saturated carbocycles. The minimum Gasteiger partial charge on any atom is -0.375 e. The van der Waals surface area contributed by atoms with Gasteiger partial charge in [-0.05, 0) is 23.6 Å². The summed E-state index contributed by atoms with van der Waals surface area (Å²) < 4.78 is 8.24. The highest BCUT2D eigenvalue weighted by Gasteiger charge is 2.22. The van der Waals surface area contributed by atoms with E-state index in [4.69, 9.17) is 4.74 Å². The summed E-state index contributed by atoms with van der Waals surface area (Å²) in [6, 6.07) is 10.3. The Hall–Kier alpha value is -2.02. The van der Waals surface area contributed by atoms with Crippen molar-refractivity contribution in [3.8, 4) is 0 Å². The minimum atomic E-state index is 0.444. The van der Waals surface area contributed by atoms with Gasteiger partial charge in [-0.1, -0.05) is 12.1 Å². The van der Waals surface area contributed by atoms with Gasteiger partial charge < -0.3 is 9.30 Å². The summed E-state index contributed by atoms with van der Waals surface area (Å²) in [6.45, 7) is 5.21. The third-order valence-electron chi connectivity index (χ3n) is 4.44. The molecule has 130 valence electrons. The lowest BCUT2D eigenvalue weighted by Crippen LogP contribution is -2.29. The number of rotatable bonds is 6. The predicted octanol–water partition coefficient (Wildman–Crippen LogP) is 3.19. The van der Waals surface area contributed by atoms with E-state index in [0.717, 1.165) is 38.5 Å². The van der Waals surface area contributed by atoms with Gasteiger partial charge in [-0.2, -0.15) is 0 Å². The molecule has 0 N–H and O–H groups in total. The van der Waals surface area contributed by atoms with Crippen LogP contribution < -0.4 is 0 Å². The van der Waals surface area contributed by atoms with Crippen molar-refractivity contribution >= 4 is 11.3 Å². The largest absolute Gasteiger partial charge is 0.375 e. The van der Waals surface area contributed by atoms with Crippen molar-refractivity contribution < 1.29 is 4.74 Å². The summed E-state index contributed by atoms with van der Waals surface area (Å²) in [5.41, 5.74) is 2.26. The first-order valence-electron chi connectivity index (χ1n) is 8.58. The Labute approximate surface area is 151 Å². The van der Waals surface area contributed by atoms with Gasteiger partial charge in [0.2, 0.25) is 0 Å². The molecule has 1 atom stereocenters. The van der Waals surface area contributed by atoms with E-state index < -0.39 is 0 Å². The van der Waals surface area contributed by atoms with Gasteiger partial charge in [-0.15, -0.1) is 11.3 Å². The number of pyridine rings is 1. The van der Waals surface area contributed by atoms with Gasteiger partial charge in [-0.25, -0.2) is 4.98 Å². The van der Waals surface area contributed by atoms with Gasteiger partial charge in [0, 0.05) is 49.4 Å². The molecule has 0 spiro atoms. The van der Waals surface area contributed by atoms with Crippen molar-refractivity contribution in [1.29, 1.82) is 0 Å². The van der Waals surface area contributed by atoms with Crippen molar-refractivity contribution in [2.45, 2.75) is 26.2 Å². The van der Waals surface area contributed by atoms with Crippen LogP contribution in [0.4, 0.5) is 0 Å². The highest BCUT2D eigenvalue weighted by molar-refractivity contribution is 7.09. The molecule has 0 fully saturated rings. The summed E-state index contributed by atoms with van der Waals surface area (Å²) in [6.07, 6.45) is 5.74. The van der Waals surface area contributed by atoms with Crippen LogP contribution in [0.15, 0.2) is 54.4 Å². The Morgan fingerprint density at radius 3 is 3.04 bits per heavy atom. The normalized spacial score (nSPS) is 18.0. The number of thiophene rings is 1. The molecule has 0 saturated heterocycles. The van der Waals surface area contributed by atoms with Crippen molar-refractivity contribution in [3.63, 3.8) is 0 Å². The maximum Gasteiger partial charge on any atom is 0.0948 e. The highest BCUT2D eigenvalue weighted by atomic mass is 32.1. The fourth-order valence-electron chi connectivity index (χ4n) is 3.30. The maximum atomic E-state index is 5.97. The van der Waals surface area contributed by atoms with Crippen molar-refractivity contribution in [2.75, 3.05) is 13.2 Å². The zero-order valence-corrected chi connectivity index (χ0v) is 14.9. The SMILES string of the molecule is c1ccc(COC[C@H]2CN(Cc3cccs3)Cc3cncn3C2)nc1. The van der Waals surface area contributed by atoms with Gasteiger partial charge in [0.25, 0.3) is 0 Å². The van der Waals surface area contributed by atoms with Crippen LogP contribution >= 0.6 is 11.3 Å². The number of imidazole rings is 1. The van der Waals surface area contributed by atoms with Gasteiger partial charge in [-0.3, -0.25) is 9.88 Å². The van der Waals surface area contributed by atoms with Crippen LogP contribution in [0.25, 0.3) is 0 Å². The lowest BCUT2D eigenvalue weighted by molar-refractivity contribution is 0.0650. The van der Waals surface area contributed by atoms with Crippen LogP contribution in [0.3, 0.4) is 0 Å². The number of hydrogen-bond donors (Lipinski definition) is 0. The lowest BCUT2D eigenvalue weighted by atomic mass is 10.1. The third-order valence-corrected chi connectivity index (χ3v) is 5.31. The van der Waals surface area contributed by atoms with Crippen molar-refractivity contribution in [3.05, 3.63) is 70.7 Å². The molecule has 0 aromatic carbocycles. The molecule has 25 heavy (non-hydrogen) atoms. The fraction of sp³-hybridized carbons (Fsp3) is 0.368. The predicted molar refractivity (Wildman–Crippen MR) is 98.0 cm³/mol. The Morgan fingerprint density at radius 1 is 1.20 bits per heavy atom. The average Bonchev–Trinajstić information content (AvgIpc) is 3.25. The van der Waals surface area contributed by atoms with E-state index in [0.29, 0.717) is 12.5 Å². The zero-order chi connectivity index (χ0) is 16.9. The number of hydrogen-bond acceptors (Lipinski definition) is 5. The summed E-state index contributed by atoms with van der Waals surface area (Å²) in [4.78, 5) is 12.6. The second kappa shape index (κ2) is 7.91. The van der Waals surface area contributed by atoms with Gasteiger partial charge in [0.15, 0.2) is 0 Å². The van der Waals surface area contributed by atoms with Crippen LogP contribution in [0.1, 0.15) is 16.3 Å². The quantitative estimate of drug-likeness (QED) is 0.682. The molecule has 0 amide bonds. The zero-order valence-electron chi connectivity index (χ0n) is 14.1. The first kappa shape index (κ1) is 16.4. The summed E-state index contributed by atoms with van der Waals surface area (Å²) >= 11 is 1.82. The summed E-state index contributed by atoms with van der Waals surface area (Å²) in [5, 5.41) is 2.14.